The zero-order valence-corrected chi connectivity index (χ0v) is 12.1. The lowest BCUT2D eigenvalue weighted by atomic mass is 10.0. The zero-order valence-electron chi connectivity index (χ0n) is 12.1. The Bertz CT molecular complexity index is 358. The van der Waals surface area contributed by atoms with E-state index < -0.39 is 0 Å². The summed E-state index contributed by atoms with van der Waals surface area (Å²) in [7, 11) is 4.31. The first kappa shape index (κ1) is 13.6. The Morgan fingerprint density at radius 3 is 2.72 bits per heavy atom. The number of imidazole rings is 1. The van der Waals surface area contributed by atoms with Gasteiger partial charge in [0, 0.05) is 31.4 Å². The second-order valence-electron chi connectivity index (χ2n) is 5.93. The first-order valence-electron chi connectivity index (χ1n) is 6.97. The van der Waals surface area contributed by atoms with E-state index in [1.165, 1.54) is 18.5 Å². The number of hydrogen-bond donors (Lipinski definition) is 1. The van der Waals surface area contributed by atoms with Crippen LogP contribution in [0, 0.1) is 5.92 Å². The molecule has 1 heterocycles. The van der Waals surface area contributed by atoms with Crippen LogP contribution in [0.25, 0.3) is 0 Å². The molecule has 0 amide bonds. The molecule has 1 aromatic rings. The van der Waals surface area contributed by atoms with Gasteiger partial charge >= 0.3 is 0 Å². The second kappa shape index (κ2) is 5.85. The SMILES string of the molecule is CC(C)C(CNCc1cncn1C1CC1)N(C)C. The van der Waals surface area contributed by atoms with Crippen LogP contribution in [0.1, 0.15) is 38.4 Å². The van der Waals surface area contributed by atoms with Crippen molar-refractivity contribution in [1.82, 2.24) is 19.8 Å². The molecule has 102 valence electrons. The maximum Gasteiger partial charge on any atom is 0.0951 e. The Labute approximate surface area is 110 Å². The molecule has 1 aliphatic carbocycles. The molecule has 0 spiro atoms. The van der Waals surface area contributed by atoms with Crippen LogP contribution < -0.4 is 5.32 Å². The highest BCUT2D eigenvalue weighted by Gasteiger charge is 2.25. The zero-order chi connectivity index (χ0) is 13.1. The first-order valence-corrected chi connectivity index (χ1v) is 6.97. The van der Waals surface area contributed by atoms with E-state index in [0.717, 1.165) is 19.1 Å². The summed E-state index contributed by atoms with van der Waals surface area (Å²) in [4.78, 5) is 6.57. The monoisotopic (exact) mass is 250 g/mol. The molecule has 1 aromatic heterocycles. The maximum atomic E-state index is 4.26. The lowest BCUT2D eigenvalue weighted by Crippen LogP contribution is -2.41. The highest BCUT2D eigenvalue weighted by Crippen LogP contribution is 2.35. The lowest BCUT2D eigenvalue weighted by Gasteiger charge is -2.28. The van der Waals surface area contributed by atoms with Crippen molar-refractivity contribution in [1.29, 1.82) is 0 Å². The minimum atomic E-state index is 0.585. The van der Waals surface area contributed by atoms with Crippen LogP contribution in [-0.2, 0) is 6.54 Å². The van der Waals surface area contributed by atoms with Gasteiger partial charge in [-0.05, 0) is 32.9 Å². The Balaban J connectivity index is 1.82. The van der Waals surface area contributed by atoms with Gasteiger partial charge in [0.1, 0.15) is 0 Å². The molecule has 1 saturated carbocycles. The van der Waals surface area contributed by atoms with Gasteiger partial charge in [0.05, 0.1) is 12.0 Å². The van der Waals surface area contributed by atoms with E-state index in [-0.39, 0.29) is 0 Å². The van der Waals surface area contributed by atoms with Gasteiger partial charge in [-0.25, -0.2) is 4.98 Å². The topological polar surface area (TPSA) is 33.1 Å². The smallest absolute Gasteiger partial charge is 0.0951 e. The van der Waals surface area contributed by atoms with E-state index in [2.05, 4.69) is 47.7 Å². The summed E-state index contributed by atoms with van der Waals surface area (Å²) >= 11 is 0. The van der Waals surface area contributed by atoms with Gasteiger partial charge in [-0.2, -0.15) is 0 Å². The van der Waals surface area contributed by atoms with Gasteiger partial charge in [0.15, 0.2) is 0 Å². The largest absolute Gasteiger partial charge is 0.330 e. The van der Waals surface area contributed by atoms with E-state index in [1.807, 2.05) is 12.5 Å². The summed E-state index contributed by atoms with van der Waals surface area (Å²) in [6.07, 6.45) is 6.59. The quantitative estimate of drug-likeness (QED) is 0.802. The average molecular weight is 250 g/mol. The predicted molar refractivity (Wildman–Crippen MR) is 74.5 cm³/mol. The fourth-order valence-corrected chi connectivity index (χ4v) is 2.51. The molecule has 0 radical (unpaired) electrons. The molecule has 0 bridgehead atoms. The standard InChI is InChI=1S/C14H26N4/c1-11(2)14(17(3)4)9-15-7-13-8-16-10-18(13)12-5-6-12/h8,10-12,14-15H,5-7,9H2,1-4H3. The molecular formula is C14H26N4. The van der Waals surface area contributed by atoms with Crippen molar-refractivity contribution in [3.8, 4) is 0 Å². The molecule has 1 atom stereocenters. The minimum Gasteiger partial charge on any atom is -0.330 e. The summed E-state index contributed by atoms with van der Waals surface area (Å²) in [5, 5.41) is 3.57. The molecular weight excluding hydrogens is 224 g/mol. The van der Waals surface area contributed by atoms with Gasteiger partial charge in [-0.3, -0.25) is 0 Å². The third-order valence-corrected chi connectivity index (χ3v) is 3.78. The van der Waals surface area contributed by atoms with Gasteiger partial charge in [0.2, 0.25) is 0 Å². The summed E-state index contributed by atoms with van der Waals surface area (Å²) in [5.74, 6) is 0.667. The van der Waals surface area contributed by atoms with Crippen LogP contribution in [0.4, 0.5) is 0 Å². The van der Waals surface area contributed by atoms with Gasteiger partial charge in [0.25, 0.3) is 0 Å². The van der Waals surface area contributed by atoms with E-state index in [1.54, 1.807) is 0 Å². The number of nitrogens with zero attached hydrogens (tertiary/aromatic N) is 3. The van der Waals surface area contributed by atoms with Crippen molar-refractivity contribution < 1.29 is 0 Å². The van der Waals surface area contributed by atoms with Gasteiger partial charge in [-0.1, -0.05) is 13.8 Å². The fourth-order valence-electron chi connectivity index (χ4n) is 2.51. The fraction of sp³-hybridized carbons (Fsp3) is 0.786. The van der Waals surface area contributed by atoms with Crippen molar-refractivity contribution in [3.05, 3.63) is 18.2 Å². The van der Waals surface area contributed by atoms with Gasteiger partial charge < -0.3 is 14.8 Å². The lowest BCUT2D eigenvalue weighted by molar-refractivity contribution is 0.224. The Hall–Kier alpha value is -0.870. The molecule has 1 aliphatic rings. The molecule has 1 unspecified atom stereocenters. The van der Waals surface area contributed by atoms with E-state index in [0.29, 0.717) is 12.0 Å². The number of likely N-dealkylation sites (N-methyl/N-ethyl adjacent to an activating group) is 1. The van der Waals surface area contributed by atoms with Crippen LogP contribution in [0.2, 0.25) is 0 Å². The highest BCUT2D eigenvalue weighted by molar-refractivity contribution is 5.03. The van der Waals surface area contributed by atoms with Crippen molar-refractivity contribution in [2.75, 3.05) is 20.6 Å². The molecule has 1 fully saturated rings. The van der Waals surface area contributed by atoms with Gasteiger partial charge in [-0.15, -0.1) is 0 Å². The number of aromatic nitrogens is 2. The van der Waals surface area contributed by atoms with Crippen LogP contribution in [0.5, 0.6) is 0 Å². The van der Waals surface area contributed by atoms with Crippen molar-refractivity contribution in [2.24, 2.45) is 5.92 Å². The summed E-state index contributed by atoms with van der Waals surface area (Å²) in [6.45, 7) is 6.51. The van der Waals surface area contributed by atoms with Crippen LogP contribution in [0.15, 0.2) is 12.5 Å². The predicted octanol–water partition coefficient (Wildman–Crippen LogP) is 1.89. The molecule has 2 rings (SSSR count). The Morgan fingerprint density at radius 2 is 2.17 bits per heavy atom. The third kappa shape index (κ3) is 3.33. The molecule has 0 aliphatic heterocycles. The van der Waals surface area contributed by atoms with Crippen molar-refractivity contribution in [3.63, 3.8) is 0 Å². The first-order chi connectivity index (χ1) is 8.59. The maximum absolute atomic E-state index is 4.26. The van der Waals surface area contributed by atoms with Crippen LogP contribution in [0.3, 0.4) is 0 Å². The van der Waals surface area contributed by atoms with E-state index >= 15 is 0 Å². The number of rotatable bonds is 7. The van der Waals surface area contributed by atoms with E-state index in [9.17, 15) is 0 Å². The molecule has 1 N–H and O–H groups in total. The highest BCUT2D eigenvalue weighted by atomic mass is 15.1. The van der Waals surface area contributed by atoms with Crippen molar-refractivity contribution in [2.45, 2.75) is 45.3 Å². The molecule has 4 heteroatoms. The molecule has 18 heavy (non-hydrogen) atoms. The Kier molecular flexibility index (Phi) is 4.40. The minimum absolute atomic E-state index is 0.585. The molecule has 0 aromatic carbocycles. The van der Waals surface area contributed by atoms with Crippen LogP contribution >= 0.6 is 0 Å². The second-order valence-corrected chi connectivity index (χ2v) is 5.93. The Morgan fingerprint density at radius 1 is 1.44 bits per heavy atom. The number of nitrogens with one attached hydrogen (secondary N) is 1. The molecule has 4 nitrogen and oxygen atoms in total. The molecule has 0 saturated heterocycles. The summed E-state index contributed by atoms with van der Waals surface area (Å²) < 4.78 is 2.33. The van der Waals surface area contributed by atoms with Crippen molar-refractivity contribution >= 4 is 0 Å². The summed E-state index contributed by atoms with van der Waals surface area (Å²) in [5.41, 5.74) is 1.32. The summed E-state index contributed by atoms with van der Waals surface area (Å²) in [6, 6.07) is 1.31. The van der Waals surface area contributed by atoms with E-state index in [4.69, 9.17) is 0 Å². The van der Waals surface area contributed by atoms with Crippen LogP contribution in [-0.4, -0.2) is 41.1 Å². The normalized spacial score (nSPS) is 17.7. The third-order valence-electron chi connectivity index (χ3n) is 3.78. The average Bonchev–Trinajstić information content (AvgIpc) is 3.03. The number of hydrogen-bond acceptors (Lipinski definition) is 3.